The van der Waals surface area contributed by atoms with E-state index in [4.69, 9.17) is 4.74 Å². The van der Waals surface area contributed by atoms with E-state index in [2.05, 4.69) is 0 Å². The van der Waals surface area contributed by atoms with Crippen LogP contribution < -0.4 is 4.74 Å². The van der Waals surface area contributed by atoms with E-state index in [-0.39, 0.29) is 0 Å². The topological polar surface area (TPSA) is 46.6 Å². The molecule has 0 aromatic heterocycles. The SMILES string of the molecule is CCCOc1cc(C)c(S(=O)(=O)N(CC)CC)cc1C. The zero-order chi connectivity index (χ0) is 15.3. The molecule has 1 rings (SSSR count). The molecule has 0 spiro atoms. The second kappa shape index (κ2) is 7.09. The molecule has 0 saturated carbocycles. The van der Waals surface area contributed by atoms with Gasteiger partial charge in [0.2, 0.25) is 10.0 Å². The average Bonchev–Trinajstić information content (AvgIpc) is 2.40. The van der Waals surface area contributed by atoms with Crippen LogP contribution in [0.1, 0.15) is 38.3 Å². The van der Waals surface area contributed by atoms with Gasteiger partial charge in [-0.25, -0.2) is 8.42 Å². The lowest BCUT2D eigenvalue weighted by molar-refractivity contribution is 0.315. The summed E-state index contributed by atoms with van der Waals surface area (Å²) in [6, 6.07) is 3.54. The summed E-state index contributed by atoms with van der Waals surface area (Å²) in [6.45, 7) is 11.0. The molecule has 4 nitrogen and oxygen atoms in total. The Kier molecular flexibility index (Phi) is 6.02. The number of hydrogen-bond donors (Lipinski definition) is 0. The van der Waals surface area contributed by atoms with Crippen LogP contribution in [0, 0.1) is 13.8 Å². The monoisotopic (exact) mass is 299 g/mol. The Morgan fingerprint density at radius 3 is 2.15 bits per heavy atom. The number of sulfonamides is 1. The lowest BCUT2D eigenvalue weighted by Gasteiger charge is -2.21. The van der Waals surface area contributed by atoms with Gasteiger partial charge in [0.15, 0.2) is 0 Å². The molecule has 0 radical (unpaired) electrons. The molecule has 0 saturated heterocycles. The minimum atomic E-state index is -3.41. The maximum Gasteiger partial charge on any atom is 0.243 e. The minimum Gasteiger partial charge on any atom is -0.493 e. The Bertz CT molecular complexity index is 548. The first-order chi connectivity index (χ1) is 9.38. The summed E-state index contributed by atoms with van der Waals surface area (Å²) >= 11 is 0. The van der Waals surface area contributed by atoms with Gasteiger partial charge in [0, 0.05) is 13.1 Å². The third-order valence-corrected chi connectivity index (χ3v) is 5.45. The molecule has 0 aliphatic carbocycles. The van der Waals surface area contributed by atoms with Crippen LogP contribution in [0.5, 0.6) is 5.75 Å². The van der Waals surface area contributed by atoms with Crippen molar-refractivity contribution in [1.29, 1.82) is 0 Å². The molecule has 114 valence electrons. The normalized spacial score (nSPS) is 11.9. The molecule has 0 bridgehead atoms. The van der Waals surface area contributed by atoms with Crippen molar-refractivity contribution < 1.29 is 13.2 Å². The highest BCUT2D eigenvalue weighted by atomic mass is 32.2. The summed E-state index contributed by atoms with van der Waals surface area (Å²) in [5.74, 6) is 0.767. The van der Waals surface area contributed by atoms with Gasteiger partial charge in [0.05, 0.1) is 11.5 Å². The van der Waals surface area contributed by atoms with Gasteiger partial charge < -0.3 is 4.74 Å². The largest absolute Gasteiger partial charge is 0.493 e. The maximum atomic E-state index is 12.6. The van der Waals surface area contributed by atoms with Crippen LogP contribution in [-0.4, -0.2) is 32.4 Å². The van der Waals surface area contributed by atoms with Crippen molar-refractivity contribution in [3.05, 3.63) is 23.3 Å². The number of benzene rings is 1. The fourth-order valence-electron chi connectivity index (χ4n) is 2.11. The number of nitrogens with zero attached hydrogens (tertiary/aromatic N) is 1. The predicted octanol–water partition coefficient (Wildman–Crippen LogP) is 3.12. The molecule has 0 aliphatic heterocycles. The van der Waals surface area contributed by atoms with E-state index in [1.54, 1.807) is 6.07 Å². The molecule has 0 N–H and O–H groups in total. The van der Waals surface area contributed by atoms with Gasteiger partial charge in [-0.15, -0.1) is 0 Å². The van der Waals surface area contributed by atoms with Gasteiger partial charge in [0.1, 0.15) is 5.75 Å². The zero-order valence-corrected chi connectivity index (χ0v) is 13.9. The molecule has 0 unspecified atom stereocenters. The smallest absolute Gasteiger partial charge is 0.243 e. The van der Waals surface area contributed by atoms with Crippen LogP contribution in [0.3, 0.4) is 0 Å². The number of hydrogen-bond acceptors (Lipinski definition) is 3. The van der Waals surface area contributed by atoms with E-state index < -0.39 is 10.0 Å². The lowest BCUT2D eigenvalue weighted by atomic mass is 10.1. The first kappa shape index (κ1) is 17.0. The molecule has 0 atom stereocenters. The third kappa shape index (κ3) is 3.52. The summed E-state index contributed by atoms with van der Waals surface area (Å²) in [5.41, 5.74) is 1.59. The second-order valence-electron chi connectivity index (χ2n) is 4.82. The minimum absolute atomic E-state index is 0.377. The lowest BCUT2D eigenvalue weighted by Crippen LogP contribution is -2.31. The number of ether oxygens (including phenoxy) is 1. The van der Waals surface area contributed by atoms with Gasteiger partial charge >= 0.3 is 0 Å². The molecular weight excluding hydrogens is 274 g/mol. The molecule has 5 heteroatoms. The van der Waals surface area contributed by atoms with Crippen LogP contribution in [0.15, 0.2) is 17.0 Å². The van der Waals surface area contributed by atoms with Gasteiger partial charge in [-0.1, -0.05) is 20.8 Å². The zero-order valence-electron chi connectivity index (χ0n) is 13.1. The van der Waals surface area contributed by atoms with Crippen molar-refractivity contribution in [1.82, 2.24) is 4.31 Å². The Balaban J connectivity index is 3.24. The van der Waals surface area contributed by atoms with Crippen LogP contribution in [0.4, 0.5) is 0 Å². The summed E-state index contributed by atoms with van der Waals surface area (Å²) in [7, 11) is -3.41. The Hall–Kier alpha value is -1.07. The quantitative estimate of drug-likeness (QED) is 0.777. The molecular formula is C15H25NO3S. The molecule has 20 heavy (non-hydrogen) atoms. The highest BCUT2D eigenvalue weighted by Crippen LogP contribution is 2.28. The molecule has 0 amide bonds. The van der Waals surface area contributed by atoms with Crippen molar-refractivity contribution in [2.75, 3.05) is 19.7 Å². The van der Waals surface area contributed by atoms with Crippen LogP contribution >= 0.6 is 0 Å². The Labute approximate surface area is 122 Å². The van der Waals surface area contributed by atoms with E-state index in [1.165, 1.54) is 4.31 Å². The molecule has 0 fully saturated rings. The summed E-state index contributed by atoms with van der Waals surface area (Å²) in [4.78, 5) is 0.377. The van der Waals surface area contributed by atoms with Gasteiger partial charge in [-0.2, -0.15) is 4.31 Å². The molecule has 0 aliphatic rings. The van der Waals surface area contributed by atoms with Crippen molar-refractivity contribution >= 4 is 10.0 Å². The average molecular weight is 299 g/mol. The van der Waals surface area contributed by atoms with E-state index in [0.717, 1.165) is 23.3 Å². The van der Waals surface area contributed by atoms with Crippen molar-refractivity contribution in [3.8, 4) is 5.75 Å². The fourth-order valence-corrected chi connectivity index (χ4v) is 3.86. The number of aryl methyl sites for hydroxylation is 2. The van der Waals surface area contributed by atoms with E-state index in [0.29, 0.717) is 24.6 Å². The Morgan fingerprint density at radius 2 is 1.65 bits per heavy atom. The predicted molar refractivity (Wildman–Crippen MR) is 81.8 cm³/mol. The first-order valence-corrected chi connectivity index (χ1v) is 8.56. The number of rotatable bonds is 7. The maximum absolute atomic E-state index is 12.6. The highest BCUT2D eigenvalue weighted by molar-refractivity contribution is 7.89. The molecule has 0 heterocycles. The van der Waals surface area contributed by atoms with Crippen molar-refractivity contribution in [2.45, 2.75) is 45.9 Å². The van der Waals surface area contributed by atoms with Crippen LogP contribution in [0.25, 0.3) is 0 Å². The Morgan fingerprint density at radius 1 is 1.05 bits per heavy atom. The molecule has 1 aromatic carbocycles. The first-order valence-electron chi connectivity index (χ1n) is 7.12. The van der Waals surface area contributed by atoms with Crippen LogP contribution in [-0.2, 0) is 10.0 Å². The van der Waals surface area contributed by atoms with Crippen LogP contribution in [0.2, 0.25) is 0 Å². The standard InChI is InChI=1S/C15H25NO3S/c1-6-9-19-14-10-13(5)15(11-12(14)4)20(17,18)16(7-2)8-3/h10-11H,6-9H2,1-5H3. The molecule has 1 aromatic rings. The van der Waals surface area contributed by atoms with Crippen molar-refractivity contribution in [2.24, 2.45) is 0 Å². The highest BCUT2D eigenvalue weighted by Gasteiger charge is 2.24. The van der Waals surface area contributed by atoms with Gasteiger partial charge in [0.25, 0.3) is 0 Å². The van der Waals surface area contributed by atoms with E-state index in [1.807, 2.05) is 40.7 Å². The third-order valence-electron chi connectivity index (χ3n) is 3.26. The van der Waals surface area contributed by atoms with E-state index >= 15 is 0 Å². The second-order valence-corrected chi connectivity index (χ2v) is 6.73. The van der Waals surface area contributed by atoms with Gasteiger partial charge in [-0.3, -0.25) is 0 Å². The van der Waals surface area contributed by atoms with Gasteiger partial charge in [-0.05, 0) is 43.5 Å². The fraction of sp³-hybridized carbons (Fsp3) is 0.600. The summed E-state index contributed by atoms with van der Waals surface area (Å²) in [6.07, 6.45) is 0.929. The summed E-state index contributed by atoms with van der Waals surface area (Å²) in [5, 5.41) is 0. The summed E-state index contributed by atoms with van der Waals surface area (Å²) < 4.78 is 32.3. The van der Waals surface area contributed by atoms with E-state index in [9.17, 15) is 8.42 Å². The van der Waals surface area contributed by atoms with Crippen molar-refractivity contribution in [3.63, 3.8) is 0 Å².